The van der Waals surface area contributed by atoms with Gasteiger partial charge in [0.2, 0.25) is 0 Å². The third kappa shape index (κ3) is 4.66. The number of hydrogen-bond donors (Lipinski definition) is 0. The number of benzene rings is 1. The van der Waals surface area contributed by atoms with Crippen LogP contribution in [-0.4, -0.2) is 20.3 Å². The summed E-state index contributed by atoms with van der Waals surface area (Å²) in [5, 5.41) is 0. The molecule has 0 aliphatic heterocycles. The second-order valence-corrected chi connectivity index (χ2v) is 3.26. The van der Waals surface area contributed by atoms with Crippen molar-refractivity contribution in [1.29, 1.82) is 0 Å². The van der Waals surface area contributed by atoms with E-state index in [-0.39, 0.29) is 0 Å². The average Bonchev–Trinajstić information content (AvgIpc) is 2.27. The van der Waals surface area contributed by atoms with Gasteiger partial charge in [-0.3, -0.25) is 0 Å². The Kier molecular flexibility index (Phi) is 5.56. The lowest BCUT2D eigenvalue weighted by atomic mass is 10.1. The van der Waals surface area contributed by atoms with E-state index in [1.807, 2.05) is 19.1 Å². The fourth-order valence-electron chi connectivity index (χ4n) is 1.26. The van der Waals surface area contributed by atoms with Crippen molar-refractivity contribution in [2.45, 2.75) is 13.3 Å². The standard InChI is InChI=1S/C13H18O2/c1-3-4-6-12-7-5-8-13(11-12)15-10-9-14-2/h3-5,7-8,11H,6,9-10H2,1-2H3/b4-3-. The molecule has 0 bridgehead atoms. The molecule has 0 fully saturated rings. The zero-order valence-electron chi connectivity index (χ0n) is 9.40. The molecule has 0 aliphatic carbocycles. The van der Waals surface area contributed by atoms with Gasteiger partial charge in [-0.1, -0.05) is 24.3 Å². The highest BCUT2D eigenvalue weighted by Gasteiger charge is 1.95. The van der Waals surface area contributed by atoms with Gasteiger partial charge < -0.3 is 9.47 Å². The van der Waals surface area contributed by atoms with E-state index in [9.17, 15) is 0 Å². The second-order valence-electron chi connectivity index (χ2n) is 3.26. The van der Waals surface area contributed by atoms with Gasteiger partial charge >= 0.3 is 0 Å². The molecule has 0 aromatic heterocycles. The largest absolute Gasteiger partial charge is 0.491 e. The summed E-state index contributed by atoms with van der Waals surface area (Å²) in [5.74, 6) is 0.911. The Bertz CT molecular complexity index is 305. The molecular formula is C13H18O2. The highest BCUT2D eigenvalue weighted by atomic mass is 16.5. The average molecular weight is 206 g/mol. The summed E-state index contributed by atoms with van der Waals surface area (Å²) in [6.45, 7) is 3.25. The zero-order chi connectivity index (χ0) is 10.9. The van der Waals surface area contributed by atoms with Gasteiger partial charge in [0, 0.05) is 7.11 Å². The summed E-state index contributed by atoms with van der Waals surface area (Å²) >= 11 is 0. The van der Waals surface area contributed by atoms with Gasteiger partial charge in [-0.2, -0.15) is 0 Å². The van der Waals surface area contributed by atoms with Gasteiger partial charge in [-0.15, -0.1) is 0 Å². The molecule has 0 heterocycles. The van der Waals surface area contributed by atoms with Gasteiger partial charge in [0.1, 0.15) is 12.4 Å². The lowest BCUT2D eigenvalue weighted by Gasteiger charge is -2.06. The van der Waals surface area contributed by atoms with Crippen molar-refractivity contribution in [1.82, 2.24) is 0 Å². The molecule has 82 valence electrons. The Morgan fingerprint density at radius 3 is 2.87 bits per heavy atom. The number of ether oxygens (including phenoxy) is 2. The third-order valence-electron chi connectivity index (χ3n) is 2.04. The van der Waals surface area contributed by atoms with Crippen LogP contribution in [0.15, 0.2) is 36.4 Å². The predicted molar refractivity (Wildman–Crippen MR) is 62.3 cm³/mol. The van der Waals surface area contributed by atoms with Crippen LogP contribution in [-0.2, 0) is 11.2 Å². The van der Waals surface area contributed by atoms with Crippen LogP contribution in [0.25, 0.3) is 0 Å². The zero-order valence-corrected chi connectivity index (χ0v) is 9.40. The molecule has 0 radical (unpaired) electrons. The maximum absolute atomic E-state index is 5.52. The van der Waals surface area contributed by atoms with Gasteiger partial charge in [-0.25, -0.2) is 0 Å². The minimum absolute atomic E-state index is 0.601. The summed E-state index contributed by atoms with van der Waals surface area (Å²) in [6.07, 6.45) is 5.14. The van der Waals surface area contributed by atoms with Crippen LogP contribution in [0.4, 0.5) is 0 Å². The lowest BCUT2D eigenvalue weighted by molar-refractivity contribution is 0.146. The van der Waals surface area contributed by atoms with Crippen LogP contribution in [0.5, 0.6) is 5.75 Å². The third-order valence-corrected chi connectivity index (χ3v) is 2.04. The Morgan fingerprint density at radius 1 is 1.27 bits per heavy atom. The smallest absolute Gasteiger partial charge is 0.119 e. The first kappa shape index (κ1) is 11.8. The molecule has 2 nitrogen and oxygen atoms in total. The van der Waals surface area contributed by atoms with Crippen LogP contribution in [0, 0.1) is 0 Å². The van der Waals surface area contributed by atoms with E-state index in [1.165, 1.54) is 5.56 Å². The first-order valence-corrected chi connectivity index (χ1v) is 5.18. The van der Waals surface area contributed by atoms with Crippen LogP contribution >= 0.6 is 0 Å². The lowest BCUT2D eigenvalue weighted by Crippen LogP contribution is -2.04. The molecule has 0 spiro atoms. The van der Waals surface area contributed by atoms with Crippen LogP contribution in [0.1, 0.15) is 12.5 Å². The maximum Gasteiger partial charge on any atom is 0.119 e. The summed E-state index contributed by atoms with van der Waals surface area (Å²) in [7, 11) is 1.67. The number of rotatable bonds is 6. The molecule has 1 rings (SSSR count). The molecule has 1 aromatic rings. The van der Waals surface area contributed by atoms with E-state index in [4.69, 9.17) is 9.47 Å². The van der Waals surface area contributed by atoms with Crippen molar-refractivity contribution < 1.29 is 9.47 Å². The monoisotopic (exact) mass is 206 g/mol. The highest BCUT2D eigenvalue weighted by molar-refractivity contribution is 5.29. The minimum atomic E-state index is 0.601. The van der Waals surface area contributed by atoms with E-state index >= 15 is 0 Å². The Hall–Kier alpha value is -1.28. The summed E-state index contributed by atoms with van der Waals surface area (Å²) in [6, 6.07) is 8.15. The van der Waals surface area contributed by atoms with E-state index in [0.717, 1.165) is 12.2 Å². The SMILES string of the molecule is C/C=C\Cc1cccc(OCCOC)c1. The Labute approximate surface area is 91.5 Å². The van der Waals surface area contributed by atoms with Gasteiger partial charge in [0.05, 0.1) is 6.61 Å². The Morgan fingerprint density at radius 2 is 2.13 bits per heavy atom. The summed E-state index contributed by atoms with van der Waals surface area (Å²) < 4.78 is 10.4. The molecule has 0 amide bonds. The fourth-order valence-corrected chi connectivity index (χ4v) is 1.26. The molecule has 0 saturated carbocycles. The highest BCUT2D eigenvalue weighted by Crippen LogP contribution is 2.13. The van der Waals surface area contributed by atoms with Crippen molar-refractivity contribution in [2.24, 2.45) is 0 Å². The maximum atomic E-state index is 5.52. The number of allylic oxidation sites excluding steroid dienone is 2. The van der Waals surface area contributed by atoms with Crippen LogP contribution in [0.3, 0.4) is 0 Å². The van der Waals surface area contributed by atoms with Crippen molar-refractivity contribution in [3.63, 3.8) is 0 Å². The summed E-state index contributed by atoms with van der Waals surface area (Å²) in [5.41, 5.74) is 1.27. The molecule has 0 aliphatic rings. The molecule has 0 unspecified atom stereocenters. The molecule has 0 atom stereocenters. The van der Waals surface area contributed by atoms with Crippen molar-refractivity contribution in [3.05, 3.63) is 42.0 Å². The molecule has 2 heteroatoms. The fraction of sp³-hybridized carbons (Fsp3) is 0.385. The van der Waals surface area contributed by atoms with Gasteiger partial charge in [-0.05, 0) is 31.0 Å². The van der Waals surface area contributed by atoms with E-state index in [2.05, 4.69) is 24.3 Å². The molecular weight excluding hydrogens is 188 g/mol. The minimum Gasteiger partial charge on any atom is -0.491 e. The van der Waals surface area contributed by atoms with E-state index in [0.29, 0.717) is 13.2 Å². The van der Waals surface area contributed by atoms with Crippen LogP contribution < -0.4 is 4.74 Å². The van der Waals surface area contributed by atoms with Gasteiger partial charge in [0.15, 0.2) is 0 Å². The van der Waals surface area contributed by atoms with E-state index in [1.54, 1.807) is 7.11 Å². The summed E-state index contributed by atoms with van der Waals surface area (Å²) in [4.78, 5) is 0. The molecule has 15 heavy (non-hydrogen) atoms. The van der Waals surface area contributed by atoms with Crippen LogP contribution in [0.2, 0.25) is 0 Å². The van der Waals surface area contributed by atoms with Gasteiger partial charge in [0.25, 0.3) is 0 Å². The Balaban J connectivity index is 2.49. The predicted octanol–water partition coefficient (Wildman–Crippen LogP) is 2.83. The molecule has 1 aromatic carbocycles. The quantitative estimate of drug-likeness (QED) is 0.526. The van der Waals surface area contributed by atoms with Crippen molar-refractivity contribution in [3.8, 4) is 5.75 Å². The second kappa shape index (κ2) is 7.07. The first-order valence-electron chi connectivity index (χ1n) is 5.18. The molecule has 0 N–H and O–H groups in total. The number of methoxy groups -OCH3 is 1. The first-order chi connectivity index (χ1) is 7.36. The van der Waals surface area contributed by atoms with E-state index < -0.39 is 0 Å². The van der Waals surface area contributed by atoms with Crippen molar-refractivity contribution in [2.75, 3.05) is 20.3 Å². The van der Waals surface area contributed by atoms with Crippen molar-refractivity contribution >= 4 is 0 Å². The number of hydrogen-bond acceptors (Lipinski definition) is 2. The topological polar surface area (TPSA) is 18.5 Å². The normalized spacial score (nSPS) is 10.8. The molecule has 0 saturated heterocycles.